The number of aliphatic hydroxyl groups excluding tert-OH is 1. The van der Waals surface area contributed by atoms with Gasteiger partial charge in [-0.05, 0) is 56.5 Å². The van der Waals surface area contributed by atoms with Crippen LogP contribution in [-0.2, 0) is 0 Å². The Labute approximate surface area is 134 Å². The second-order valence-corrected chi connectivity index (χ2v) is 6.54. The third-order valence-electron chi connectivity index (χ3n) is 3.87. The van der Waals surface area contributed by atoms with Crippen LogP contribution < -0.4 is 5.32 Å². The molecule has 0 aliphatic heterocycles. The van der Waals surface area contributed by atoms with E-state index in [0.29, 0.717) is 5.92 Å². The van der Waals surface area contributed by atoms with Gasteiger partial charge in [0.05, 0.1) is 6.04 Å². The van der Waals surface area contributed by atoms with Gasteiger partial charge in [-0.1, -0.05) is 29.3 Å². The summed E-state index contributed by atoms with van der Waals surface area (Å²) in [4.78, 5) is 0. The summed E-state index contributed by atoms with van der Waals surface area (Å²) in [5.41, 5.74) is 0.919. The van der Waals surface area contributed by atoms with Crippen molar-refractivity contribution >= 4 is 26.9 Å². The second-order valence-electron chi connectivity index (χ2n) is 5.63. The van der Waals surface area contributed by atoms with Crippen LogP contribution in [0.4, 0.5) is 0 Å². The molecule has 0 amide bonds. The average Bonchev–Trinajstić information content (AvgIpc) is 2.88. The minimum Gasteiger partial charge on any atom is -0.459 e. The minimum atomic E-state index is 0.175. The summed E-state index contributed by atoms with van der Waals surface area (Å²) in [5.74, 6) is 1.49. The first-order chi connectivity index (χ1) is 10.1. The van der Waals surface area contributed by atoms with Crippen LogP contribution in [0.5, 0.6) is 0 Å². The third-order valence-corrected chi connectivity index (χ3v) is 4.36. The lowest BCUT2D eigenvalue weighted by atomic mass is 10.00. The molecule has 3 nitrogen and oxygen atoms in total. The highest BCUT2D eigenvalue weighted by atomic mass is 79.9. The van der Waals surface area contributed by atoms with Crippen LogP contribution in [0.3, 0.4) is 0 Å². The number of aliphatic hydroxyl groups is 1. The maximum absolute atomic E-state index is 9.12. The van der Waals surface area contributed by atoms with Gasteiger partial charge in [0.15, 0.2) is 0 Å². The van der Waals surface area contributed by atoms with E-state index >= 15 is 0 Å². The molecule has 0 bridgehead atoms. The molecule has 2 rings (SSSR count). The number of furan rings is 1. The Morgan fingerprint density at radius 2 is 2.10 bits per heavy atom. The Hall–Kier alpha value is -0.840. The highest BCUT2D eigenvalue weighted by Crippen LogP contribution is 2.26. The van der Waals surface area contributed by atoms with Gasteiger partial charge in [0, 0.05) is 16.5 Å². The summed E-state index contributed by atoms with van der Waals surface area (Å²) < 4.78 is 6.97. The molecule has 0 saturated carbocycles. The Balaban J connectivity index is 1.99. The molecular formula is C17H24BrNO2. The number of halogens is 1. The van der Waals surface area contributed by atoms with E-state index in [9.17, 15) is 0 Å². The molecule has 0 spiro atoms. The van der Waals surface area contributed by atoms with E-state index in [1.165, 1.54) is 0 Å². The number of nitrogens with one attached hydrogen (secondary N) is 1. The number of hydrogen-bond donors (Lipinski definition) is 2. The predicted molar refractivity (Wildman–Crippen MR) is 90.4 cm³/mol. The standard InChI is InChI=1S/C17H24BrNO2/c1-3-4-13(7-8-20)11-19-12(2)17-10-14-9-15(18)5-6-16(14)21-17/h5-6,9-10,12-13,19-20H,3-4,7-8,11H2,1-2H3. The van der Waals surface area contributed by atoms with E-state index in [1.807, 2.05) is 12.1 Å². The number of benzene rings is 1. The molecule has 2 unspecified atom stereocenters. The number of fused-ring (bicyclic) bond motifs is 1. The zero-order chi connectivity index (χ0) is 15.2. The first kappa shape index (κ1) is 16.5. The van der Waals surface area contributed by atoms with Crippen LogP contribution in [0.25, 0.3) is 11.0 Å². The van der Waals surface area contributed by atoms with Crippen LogP contribution in [0, 0.1) is 5.92 Å². The molecule has 0 fully saturated rings. The summed E-state index contributed by atoms with van der Waals surface area (Å²) in [6, 6.07) is 8.32. The van der Waals surface area contributed by atoms with E-state index < -0.39 is 0 Å². The van der Waals surface area contributed by atoms with Crippen LogP contribution in [0.1, 0.15) is 44.9 Å². The Kier molecular flexibility index (Phi) is 6.27. The fraction of sp³-hybridized carbons (Fsp3) is 0.529. The van der Waals surface area contributed by atoms with Gasteiger partial charge in [0.1, 0.15) is 11.3 Å². The van der Waals surface area contributed by atoms with Gasteiger partial charge < -0.3 is 14.8 Å². The summed E-state index contributed by atoms with van der Waals surface area (Å²) >= 11 is 3.48. The fourth-order valence-corrected chi connectivity index (χ4v) is 3.01. The Bertz CT molecular complexity index is 561. The Morgan fingerprint density at radius 1 is 1.29 bits per heavy atom. The lowest BCUT2D eigenvalue weighted by Gasteiger charge is -2.18. The van der Waals surface area contributed by atoms with Crippen molar-refractivity contribution in [3.63, 3.8) is 0 Å². The lowest BCUT2D eigenvalue weighted by molar-refractivity contribution is 0.244. The van der Waals surface area contributed by atoms with E-state index in [1.54, 1.807) is 0 Å². The summed E-state index contributed by atoms with van der Waals surface area (Å²) in [5, 5.41) is 13.8. The van der Waals surface area contributed by atoms with Crippen molar-refractivity contribution in [2.45, 2.75) is 39.2 Å². The molecule has 1 heterocycles. The quantitative estimate of drug-likeness (QED) is 0.726. The van der Waals surface area contributed by atoms with Crippen LogP contribution in [0.2, 0.25) is 0 Å². The van der Waals surface area contributed by atoms with Gasteiger partial charge in [-0.25, -0.2) is 0 Å². The molecule has 0 radical (unpaired) electrons. The fourth-order valence-electron chi connectivity index (χ4n) is 2.63. The van der Waals surface area contributed by atoms with Gasteiger partial charge in [0.2, 0.25) is 0 Å². The SMILES string of the molecule is CCCC(CCO)CNC(C)c1cc2cc(Br)ccc2o1. The van der Waals surface area contributed by atoms with E-state index in [0.717, 1.165) is 47.0 Å². The maximum Gasteiger partial charge on any atom is 0.134 e. The van der Waals surface area contributed by atoms with E-state index in [-0.39, 0.29) is 12.6 Å². The molecule has 21 heavy (non-hydrogen) atoms. The lowest BCUT2D eigenvalue weighted by Crippen LogP contribution is -2.26. The topological polar surface area (TPSA) is 45.4 Å². The normalized spacial score (nSPS) is 14.5. The zero-order valence-corrected chi connectivity index (χ0v) is 14.3. The minimum absolute atomic E-state index is 0.175. The van der Waals surface area contributed by atoms with Crippen molar-refractivity contribution in [3.05, 3.63) is 34.5 Å². The van der Waals surface area contributed by atoms with Gasteiger partial charge in [-0.15, -0.1) is 0 Å². The van der Waals surface area contributed by atoms with Gasteiger partial charge >= 0.3 is 0 Å². The van der Waals surface area contributed by atoms with Crippen molar-refractivity contribution in [1.29, 1.82) is 0 Å². The van der Waals surface area contributed by atoms with Gasteiger partial charge in [-0.2, -0.15) is 0 Å². The van der Waals surface area contributed by atoms with Crippen molar-refractivity contribution < 1.29 is 9.52 Å². The maximum atomic E-state index is 9.12. The number of hydrogen-bond acceptors (Lipinski definition) is 3. The highest BCUT2D eigenvalue weighted by Gasteiger charge is 2.14. The second kappa shape index (κ2) is 7.97. The molecule has 1 aromatic carbocycles. The van der Waals surface area contributed by atoms with Crippen LogP contribution >= 0.6 is 15.9 Å². The largest absolute Gasteiger partial charge is 0.459 e. The molecule has 2 N–H and O–H groups in total. The van der Waals surface area contributed by atoms with Crippen molar-refractivity contribution in [2.24, 2.45) is 5.92 Å². The molecule has 0 saturated heterocycles. The van der Waals surface area contributed by atoms with Gasteiger partial charge in [-0.3, -0.25) is 0 Å². The predicted octanol–water partition coefficient (Wildman–Crippen LogP) is 4.64. The zero-order valence-electron chi connectivity index (χ0n) is 12.7. The molecule has 0 aliphatic rings. The summed E-state index contributed by atoms with van der Waals surface area (Å²) in [7, 11) is 0. The summed E-state index contributed by atoms with van der Waals surface area (Å²) in [6.45, 7) is 5.48. The third kappa shape index (κ3) is 4.56. The first-order valence-electron chi connectivity index (χ1n) is 7.67. The van der Waals surface area contributed by atoms with E-state index in [4.69, 9.17) is 9.52 Å². The molecule has 0 aliphatic carbocycles. The number of rotatable bonds is 8. The summed E-state index contributed by atoms with van der Waals surface area (Å²) in [6.07, 6.45) is 3.16. The average molecular weight is 354 g/mol. The van der Waals surface area contributed by atoms with Gasteiger partial charge in [0.25, 0.3) is 0 Å². The van der Waals surface area contributed by atoms with Crippen LogP contribution in [-0.4, -0.2) is 18.3 Å². The van der Waals surface area contributed by atoms with E-state index in [2.05, 4.69) is 47.2 Å². The molecule has 1 aromatic heterocycles. The smallest absolute Gasteiger partial charge is 0.134 e. The molecule has 2 atom stereocenters. The molecular weight excluding hydrogens is 330 g/mol. The van der Waals surface area contributed by atoms with Crippen LogP contribution in [0.15, 0.2) is 33.2 Å². The molecule has 2 aromatic rings. The highest BCUT2D eigenvalue weighted by molar-refractivity contribution is 9.10. The molecule has 4 heteroatoms. The van der Waals surface area contributed by atoms with Crippen molar-refractivity contribution in [2.75, 3.05) is 13.2 Å². The first-order valence-corrected chi connectivity index (χ1v) is 8.46. The monoisotopic (exact) mass is 353 g/mol. The molecule has 116 valence electrons. The van der Waals surface area contributed by atoms with Crippen molar-refractivity contribution in [1.82, 2.24) is 5.32 Å². The van der Waals surface area contributed by atoms with Crippen molar-refractivity contribution in [3.8, 4) is 0 Å². The Morgan fingerprint density at radius 3 is 2.81 bits per heavy atom.